The van der Waals surface area contributed by atoms with Crippen molar-refractivity contribution in [1.29, 1.82) is 0 Å². The second-order valence-corrected chi connectivity index (χ2v) is 23.0. The number of fused-ring (bicyclic) bond motifs is 3. The van der Waals surface area contributed by atoms with Crippen LogP contribution in [0.2, 0.25) is 0 Å². The molecule has 4 unspecified atom stereocenters. The minimum atomic E-state index is -1.42. The van der Waals surface area contributed by atoms with Crippen LogP contribution in [-0.4, -0.2) is 107 Å². The van der Waals surface area contributed by atoms with Gasteiger partial charge >= 0.3 is 18.2 Å². The van der Waals surface area contributed by atoms with Gasteiger partial charge in [0.1, 0.15) is 59.1 Å². The molecular formula is C59H79N5O12. The van der Waals surface area contributed by atoms with E-state index in [4.69, 9.17) is 23.7 Å². The molecule has 0 spiro atoms. The molecule has 0 fully saturated rings. The molecule has 0 saturated carbocycles. The van der Waals surface area contributed by atoms with Crippen molar-refractivity contribution in [3.8, 4) is 22.6 Å². The Kier molecular flexibility index (Phi) is 20.5. The van der Waals surface area contributed by atoms with E-state index < -0.39 is 82.4 Å². The molecule has 4 atom stereocenters. The number of rotatable bonds is 23. The molecule has 17 heteroatoms. The first kappa shape index (κ1) is 59.7. The van der Waals surface area contributed by atoms with E-state index in [-0.39, 0.29) is 44.9 Å². The van der Waals surface area contributed by atoms with Gasteiger partial charge < -0.3 is 55.4 Å². The van der Waals surface area contributed by atoms with Crippen molar-refractivity contribution < 1.29 is 57.6 Å². The Bertz CT molecular complexity index is 2560. The van der Waals surface area contributed by atoms with E-state index in [0.29, 0.717) is 35.5 Å². The third-order valence-electron chi connectivity index (χ3n) is 11.7. The zero-order chi connectivity index (χ0) is 56.0. The molecule has 0 aliphatic heterocycles. The molecule has 0 aromatic heterocycles. The number of hydrogen-bond donors (Lipinski definition) is 6. The number of amides is 5. The van der Waals surface area contributed by atoms with Crippen molar-refractivity contribution in [2.45, 2.75) is 168 Å². The van der Waals surface area contributed by atoms with Crippen molar-refractivity contribution in [3.05, 3.63) is 119 Å². The number of alkyl carbamates (subject to hydrolysis) is 2. The highest BCUT2D eigenvalue weighted by atomic mass is 16.6. The van der Waals surface area contributed by atoms with Crippen LogP contribution >= 0.6 is 0 Å². The number of hydrogen-bond acceptors (Lipinski definition) is 11. The molecular weight excluding hydrogens is 971 g/mol. The lowest BCUT2D eigenvalue weighted by atomic mass is 9.98. The molecule has 4 aromatic carbocycles. The number of aliphatic carboxylic acids is 1. The molecule has 1 aliphatic rings. The maximum atomic E-state index is 14.6. The highest BCUT2D eigenvalue weighted by Crippen LogP contribution is 2.44. The lowest BCUT2D eigenvalue weighted by molar-refractivity contribution is -0.142. The lowest BCUT2D eigenvalue weighted by Gasteiger charge is -2.28. The van der Waals surface area contributed by atoms with Gasteiger partial charge in [0.2, 0.25) is 17.7 Å². The number of unbranched alkanes of at least 4 members (excludes halogenated alkanes) is 1. The SMILES string of the molecule is CC(C)(C)OCC(NC(=O)C(Cc1ccc(OC(C)(C)C)cc1)NC(=O)OCC1c2ccccc2-c2ccccc21)C(=O)NC(CCCCNC(=O)OC(C)(C)C)C(=O)NC(Cc1ccc(OC(C)(C)C)cc1)C(=O)O. The maximum absolute atomic E-state index is 14.6. The summed E-state index contributed by atoms with van der Waals surface area (Å²) in [6.07, 6.45) is -0.910. The Balaban J connectivity index is 1.38. The number of carbonyl (C=O) groups is 6. The van der Waals surface area contributed by atoms with Crippen LogP contribution in [-0.2, 0) is 46.2 Å². The van der Waals surface area contributed by atoms with E-state index in [9.17, 15) is 33.9 Å². The van der Waals surface area contributed by atoms with Crippen LogP contribution in [0.15, 0.2) is 97.1 Å². The molecule has 5 amide bonds. The molecule has 6 N–H and O–H groups in total. The predicted octanol–water partition coefficient (Wildman–Crippen LogP) is 8.78. The molecule has 412 valence electrons. The minimum Gasteiger partial charge on any atom is -0.488 e. The summed E-state index contributed by atoms with van der Waals surface area (Å²) in [7, 11) is 0. The van der Waals surface area contributed by atoms with Crippen LogP contribution in [0.4, 0.5) is 9.59 Å². The van der Waals surface area contributed by atoms with Crippen LogP contribution in [0, 0.1) is 0 Å². The smallest absolute Gasteiger partial charge is 0.407 e. The van der Waals surface area contributed by atoms with Gasteiger partial charge in [0.25, 0.3) is 0 Å². The summed E-state index contributed by atoms with van der Waals surface area (Å²) in [6, 6.07) is 24.4. The lowest BCUT2D eigenvalue weighted by Crippen LogP contribution is -2.59. The van der Waals surface area contributed by atoms with Crippen molar-refractivity contribution in [1.82, 2.24) is 26.6 Å². The minimum absolute atomic E-state index is 0.0143. The third-order valence-corrected chi connectivity index (χ3v) is 11.7. The fourth-order valence-corrected chi connectivity index (χ4v) is 8.34. The van der Waals surface area contributed by atoms with Gasteiger partial charge in [-0.25, -0.2) is 14.4 Å². The molecule has 5 rings (SSSR count). The van der Waals surface area contributed by atoms with Gasteiger partial charge in [-0.15, -0.1) is 0 Å². The zero-order valence-electron chi connectivity index (χ0n) is 46.2. The van der Waals surface area contributed by atoms with Crippen molar-refractivity contribution in [3.63, 3.8) is 0 Å². The summed E-state index contributed by atoms with van der Waals surface area (Å²) < 4.78 is 29.2. The Morgan fingerprint density at radius 2 is 0.974 bits per heavy atom. The summed E-state index contributed by atoms with van der Waals surface area (Å²) in [6.45, 7) is 21.9. The summed E-state index contributed by atoms with van der Waals surface area (Å²) in [5.74, 6) is -2.71. The molecule has 1 aliphatic carbocycles. The zero-order valence-corrected chi connectivity index (χ0v) is 46.2. The first-order valence-electron chi connectivity index (χ1n) is 25.9. The number of ether oxygens (including phenoxy) is 5. The quantitative estimate of drug-likeness (QED) is 0.0383. The highest BCUT2D eigenvalue weighted by Gasteiger charge is 2.34. The Labute approximate surface area is 447 Å². The average molecular weight is 1050 g/mol. The van der Waals surface area contributed by atoms with Gasteiger partial charge in [-0.2, -0.15) is 0 Å². The summed E-state index contributed by atoms with van der Waals surface area (Å²) >= 11 is 0. The van der Waals surface area contributed by atoms with Crippen molar-refractivity contribution >= 4 is 35.9 Å². The van der Waals surface area contributed by atoms with Crippen molar-refractivity contribution in [2.24, 2.45) is 0 Å². The van der Waals surface area contributed by atoms with E-state index >= 15 is 0 Å². The van der Waals surface area contributed by atoms with E-state index in [2.05, 4.69) is 26.6 Å². The van der Waals surface area contributed by atoms with Gasteiger partial charge in [-0.3, -0.25) is 14.4 Å². The van der Waals surface area contributed by atoms with Crippen LogP contribution in [0.5, 0.6) is 11.5 Å². The number of carboxylic acids is 1. The van der Waals surface area contributed by atoms with Gasteiger partial charge in [-0.1, -0.05) is 72.8 Å². The summed E-state index contributed by atoms with van der Waals surface area (Å²) in [4.78, 5) is 82.3. The van der Waals surface area contributed by atoms with E-state index in [1.807, 2.05) is 90.1 Å². The van der Waals surface area contributed by atoms with Crippen LogP contribution in [0.1, 0.15) is 131 Å². The summed E-state index contributed by atoms with van der Waals surface area (Å²) in [5.41, 5.74) is 2.97. The third kappa shape index (κ3) is 19.9. The van der Waals surface area contributed by atoms with E-state index in [1.54, 1.807) is 90.1 Å². The largest absolute Gasteiger partial charge is 0.488 e. The second kappa shape index (κ2) is 26.1. The average Bonchev–Trinajstić information content (AvgIpc) is 3.63. The normalized spacial score (nSPS) is 14.1. The van der Waals surface area contributed by atoms with Crippen molar-refractivity contribution in [2.75, 3.05) is 19.8 Å². The number of benzene rings is 4. The van der Waals surface area contributed by atoms with Crippen LogP contribution < -0.4 is 36.1 Å². The Morgan fingerprint density at radius 3 is 1.46 bits per heavy atom. The summed E-state index contributed by atoms with van der Waals surface area (Å²) in [5, 5.41) is 23.9. The second-order valence-electron chi connectivity index (χ2n) is 23.0. The highest BCUT2D eigenvalue weighted by molar-refractivity contribution is 5.95. The Morgan fingerprint density at radius 1 is 0.513 bits per heavy atom. The molecule has 0 bridgehead atoms. The monoisotopic (exact) mass is 1050 g/mol. The number of carboxylic acid groups (broad SMARTS) is 1. The maximum Gasteiger partial charge on any atom is 0.407 e. The van der Waals surface area contributed by atoms with E-state index in [0.717, 1.165) is 22.3 Å². The van der Waals surface area contributed by atoms with Gasteiger partial charge in [0, 0.05) is 25.3 Å². The molecule has 0 saturated heterocycles. The van der Waals surface area contributed by atoms with E-state index in [1.165, 1.54) is 0 Å². The molecule has 17 nitrogen and oxygen atoms in total. The molecule has 0 heterocycles. The number of nitrogens with one attached hydrogen (secondary N) is 5. The van der Waals surface area contributed by atoms with Gasteiger partial charge in [0.05, 0.1) is 12.2 Å². The van der Waals surface area contributed by atoms with Gasteiger partial charge in [0.15, 0.2) is 0 Å². The first-order chi connectivity index (χ1) is 35.5. The fraction of sp³-hybridized carbons (Fsp3) is 0.492. The topological polar surface area (TPSA) is 229 Å². The standard InChI is InChI=1S/C59H79N5O12/c1-56(2,3)73-36-49(52(67)61-46(23-17-18-32-60-54(70)76-59(10,11)12)50(65)62-48(53(68)69)34-38-26-30-40(31-27-38)75-58(7,8)9)63-51(66)47(33-37-24-28-39(29-25-37)74-57(4,5)6)64-55(71)72-35-45-43-21-15-13-19-41(43)42-20-14-16-22-44(42)45/h13-16,19-22,24-31,45-49H,17-18,23,32-36H2,1-12H3,(H,60,70)(H,61,67)(H,62,65)(H,63,66)(H,64,71)(H,68,69). The fourth-order valence-electron chi connectivity index (χ4n) is 8.34. The predicted molar refractivity (Wildman–Crippen MR) is 290 cm³/mol. The van der Waals surface area contributed by atoms with Crippen LogP contribution in [0.3, 0.4) is 0 Å². The molecule has 76 heavy (non-hydrogen) atoms. The van der Waals surface area contributed by atoms with Gasteiger partial charge in [-0.05, 0) is 160 Å². The molecule has 4 aromatic rings. The molecule has 0 radical (unpaired) electrons. The Hall–Kier alpha value is -7.14. The van der Waals surface area contributed by atoms with Crippen LogP contribution in [0.25, 0.3) is 11.1 Å². The first-order valence-corrected chi connectivity index (χ1v) is 25.9. The number of carbonyl (C=O) groups excluding carboxylic acids is 5.